The molecule has 1 fully saturated rings. The SMILES string of the molecule is Cc1cccc2c(C3=Nc4ccccc4/C3=N\OCCN3CCNCC3)c(O)[nH]c12.Cl.Cl. The molecule has 9 heteroatoms. The summed E-state index contributed by atoms with van der Waals surface area (Å²) < 4.78 is 0. The summed E-state index contributed by atoms with van der Waals surface area (Å²) in [5, 5.41) is 19.5. The minimum Gasteiger partial charge on any atom is -0.494 e. The van der Waals surface area contributed by atoms with Crippen LogP contribution in [0.25, 0.3) is 10.9 Å². The Balaban J connectivity index is 0.00000144. The fraction of sp³-hybridized carbons (Fsp3) is 0.304. The highest BCUT2D eigenvalue weighted by molar-refractivity contribution is 6.58. The molecule has 0 radical (unpaired) electrons. The summed E-state index contributed by atoms with van der Waals surface area (Å²) in [6.07, 6.45) is 0. The number of aromatic amines is 1. The average molecular weight is 476 g/mol. The van der Waals surface area contributed by atoms with Gasteiger partial charge in [-0.05, 0) is 18.6 Å². The van der Waals surface area contributed by atoms with Crippen LogP contribution in [0, 0.1) is 6.92 Å². The lowest BCUT2D eigenvalue weighted by atomic mass is 10.0. The molecular formula is C23H27Cl2N5O2. The van der Waals surface area contributed by atoms with E-state index in [1.54, 1.807) is 0 Å². The van der Waals surface area contributed by atoms with Crippen molar-refractivity contribution in [3.8, 4) is 5.88 Å². The van der Waals surface area contributed by atoms with Gasteiger partial charge in [-0.15, -0.1) is 24.8 Å². The smallest absolute Gasteiger partial charge is 0.199 e. The second kappa shape index (κ2) is 10.4. The fourth-order valence-corrected chi connectivity index (χ4v) is 4.14. The van der Waals surface area contributed by atoms with Gasteiger partial charge in [0.1, 0.15) is 18.0 Å². The number of benzene rings is 2. The van der Waals surface area contributed by atoms with E-state index in [1.807, 2.05) is 49.4 Å². The summed E-state index contributed by atoms with van der Waals surface area (Å²) >= 11 is 0. The van der Waals surface area contributed by atoms with Crippen LogP contribution in [0.3, 0.4) is 0 Å². The Bertz CT molecular complexity index is 1150. The van der Waals surface area contributed by atoms with E-state index in [1.165, 1.54) is 0 Å². The maximum Gasteiger partial charge on any atom is 0.199 e. The monoisotopic (exact) mass is 475 g/mol. The van der Waals surface area contributed by atoms with Crippen molar-refractivity contribution in [3.05, 3.63) is 59.2 Å². The van der Waals surface area contributed by atoms with E-state index in [9.17, 15) is 5.11 Å². The molecule has 0 aliphatic carbocycles. The molecule has 170 valence electrons. The summed E-state index contributed by atoms with van der Waals surface area (Å²) in [5.41, 5.74) is 5.67. The average Bonchev–Trinajstić information content (AvgIpc) is 3.29. The molecule has 5 rings (SSSR count). The summed E-state index contributed by atoms with van der Waals surface area (Å²) in [5.74, 6) is 0.0966. The first kappa shape index (κ1) is 24.1. The molecule has 0 amide bonds. The minimum absolute atomic E-state index is 0. The summed E-state index contributed by atoms with van der Waals surface area (Å²) in [6.45, 7) is 7.44. The number of para-hydroxylation sites is 2. The van der Waals surface area contributed by atoms with Crippen molar-refractivity contribution in [1.29, 1.82) is 0 Å². The number of hydrogen-bond acceptors (Lipinski definition) is 6. The van der Waals surface area contributed by atoms with E-state index in [4.69, 9.17) is 9.83 Å². The number of nitrogens with zero attached hydrogens (tertiary/aromatic N) is 3. The molecule has 3 aromatic rings. The predicted molar refractivity (Wildman–Crippen MR) is 134 cm³/mol. The normalized spacial score (nSPS) is 16.9. The number of H-pyrrole nitrogens is 1. The van der Waals surface area contributed by atoms with Crippen molar-refractivity contribution in [2.75, 3.05) is 39.3 Å². The zero-order valence-corrected chi connectivity index (χ0v) is 19.4. The Morgan fingerprint density at radius 2 is 1.88 bits per heavy atom. The fourth-order valence-electron chi connectivity index (χ4n) is 4.14. The molecule has 3 N–H and O–H groups in total. The number of rotatable bonds is 5. The van der Waals surface area contributed by atoms with Crippen LogP contribution in [0.15, 0.2) is 52.6 Å². The van der Waals surface area contributed by atoms with Gasteiger partial charge >= 0.3 is 0 Å². The first-order chi connectivity index (χ1) is 14.7. The summed E-state index contributed by atoms with van der Waals surface area (Å²) in [6, 6.07) is 13.8. The minimum atomic E-state index is 0. The van der Waals surface area contributed by atoms with Crippen LogP contribution < -0.4 is 5.32 Å². The van der Waals surface area contributed by atoms with Crippen molar-refractivity contribution in [1.82, 2.24) is 15.2 Å². The topological polar surface area (TPSA) is 85.2 Å². The summed E-state index contributed by atoms with van der Waals surface area (Å²) in [7, 11) is 0. The highest BCUT2D eigenvalue weighted by atomic mass is 35.5. The second-order valence-corrected chi connectivity index (χ2v) is 7.69. The van der Waals surface area contributed by atoms with Gasteiger partial charge in [-0.2, -0.15) is 0 Å². The van der Waals surface area contributed by atoms with E-state index in [2.05, 4.69) is 20.4 Å². The standard InChI is InChI=1S/C23H25N5O2.2ClH/c1-15-5-4-7-17-19(23(29)26-20(15)17)22-21(16-6-2-3-8-18(16)25-22)27-30-14-13-28-11-9-24-10-12-28;;/h2-8,24,26,29H,9-14H2,1H3;2*1H/b27-21+;;. The van der Waals surface area contributed by atoms with Gasteiger partial charge in [0.25, 0.3) is 0 Å². The van der Waals surface area contributed by atoms with Crippen LogP contribution in [-0.4, -0.2) is 65.7 Å². The van der Waals surface area contributed by atoms with Gasteiger partial charge in [0.2, 0.25) is 0 Å². The van der Waals surface area contributed by atoms with Crippen molar-refractivity contribution < 1.29 is 9.94 Å². The third-order valence-corrected chi connectivity index (χ3v) is 5.74. The lowest BCUT2D eigenvalue weighted by Crippen LogP contribution is -2.44. The zero-order valence-electron chi connectivity index (χ0n) is 17.8. The molecule has 0 atom stereocenters. The van der Waals surface area contributed by atoms with E-state index >= 15 is 0 Å². The van der Waals surface area contributed by atoms with Crippen LogP contribution in [0.4, 0.5) is 5.69 Å². The second-order valence-electron chi connectivity index (χ2n) is 7.69. The number of halogens is 2. The quantitative estimate of drug-likeness (QED) is 0.387. The van der Waals surface area contributed by atoms with Gasteiger partial charge < -0.3 is 20.2 Å². The molecule has 1 aromatic heterocycles. The number of fused-ring (bicyclic) bond motifs is 2. The van der Waals surface area contributed by atoms with Gasteiger partial charge in [0, 0.05) is 43.7 Å². The Kier molecular flexibility index (Phi) is 7.79. The number of oxime groups is 1. The molecule has 2 aliphatic rings. The largest absolute Gasteiger partial charge is 0.494 e. The first-order valence-electron chi connectivity index (χ1n) is 10.3. The van der Waals surface area contributed by atoms with Crippen molar-refractivity contribution >= 4 is 52.8 Å². The van der Waals surface area contributed by atoms with Crippen LogP contribution in [-0.2, 0) is 4.84 Å². The van der Waals surface area contributed by atoms with Crippen LogP contribution in [0.2, 0.25) is 0 Å². The van der Waals surface area contributed by atoms with Gasteiger partial charge in [-0.1, -0.05) is 41.6 Å². The number of hydrogen-bond donors (Lipinski definition) is 3. The number of nitrogens with one attached hydrogen (secondary N) is 2. The maximum absolute atomic E-state index is 10.7. The van der Waals surface area contributed by atoms with Crippen LogP contribution >= 0.6 is 24.8 Å². The number of aryl methyl sites for hydroxylation is 1. The van der Waals surface area contributed by atoms with Crippen molar-refractivity contribution in [3.63, 3.8) is 0 Å². The molecular weight excluding hydrogens is 449 g/mol. The Hall–Kier alpha value is -2.58. The molecule has 32 heavy (non-hydrogen) atoms. The molecule has 2 aromatic carbocycles. The van der Waals surface area contributed by atoms with Crippen LogP contribution in [0.5, 0.6) is 5.88 Å². The van der Waals surface area contributed by atoms with Crippen molar-refractivity contribution in [2.45, 2.75) is 6.92 Å². The van der Waals surface area contributed by atoms with Gasteiger partial charge in [-0.25, -0.2) is 4.99 Å². The van der Waals surface area contributed by atoms with E-state index in [-0.39, 0.29) is 30.7 Å². The lowest BCUT2D eigenvalue weighted by molar-refractivity contribution is 0.106. The molecule has 7 nitrogen and oxygen atoms in total. The van der Waals surface area contributed by atoms with Gasteiger partial charge in [-0.3, -0.25) is 4.90 Å². The molecule has 2 aliphatic heterocycles. The predicted octanol–water partition coefficient (Wildman–Crippen LogP) is 3.79. The lowest BCUT2D eigenvalue weighted by Gasteiger charge is -2.26. The van der Waals surface area contributed by atoms with E-state index < -0.39 is 0 Å². The molecule has 0 spiro atoms. The van der Waals surface area contributed by atoms with Gasteiger partial charge in [0.05, 0.1) is 16.8 Å². The zero-order chi connectivity index (χ0) is 20.5. The highest BCUT2D eigenvalue weighted by Gasteiger charge is 2.29. The summed E-state index contributed by atoms with van der Waals surface area (Å²) in [4.78, 5) is 16.0. The van der Waals surface area contributed by atoms with Crippen LogP contribution in [0.1, 0.15) is 16.7 Å². The third-order valence-electron chi connectivity index (χ3n) is 5.74. The number of aliphatic imine (C=N–C) groups is 1. The number of aromatic nitrogens is 1. The Labute approximate surface area is 199 Å². The van der Waals surface area contributed by atoms with Gasteiger partial charge in [0.15, 0.2) is 5.88 Å². The molecule has 0 saturated carbocycles. The molecule has 1 saturated heterocycles. The van der Waals surface area contributed by atoms with E-state index in [0.29, 0.717) is 23.6 Å². The Morgan fingerprint density at radius 1 is 1.09 bits per heavy atom. The van der Waals surface area contributed by atoms with E-state index in [0.717, 1.165) is 60.4 Å². The first-order valence-corrected chi connectivity index (χ1v) is 10.3. The third kappa shape index (κ3) is 4.47. The van der Waals surface area contributed by atoms with Crippen molar-refractivity contribution in [2.24, 2.45) is 10.1 Å². The Morgan fingerprint density at radius 3 is 2.69 bits per heavy atom. The maximum atomic E-state index is 10.7. The molecule has 3 heterocycles. The highest BCUT2D eigenvalue weighted by Crippen LogP contribution is 2.36. The molecule has 0 unspecified atom stereocenters. The molecule has 0 bridgehead atoms. The number of aromatic hydroxyl groups is 1. The number of piperazine rings is 1.